The zero-order valence-corrected chi connectivity index (χ0v) is 35.0. The van der Waals surface area contributed by atoms with Gasteiger partial charge in [0.2, 0.25) is 0 Å². The number of aliphatic imine (C=N–C) groups is 2. The predicted molar refractivity (Wildman–Crippen MR) is 211 cm³/mol. The molecule has 4 rings (SSSR count). The second kappa shape index (κ2) is 16.0. The molecule has 2 heterocycles. The average Bonchev–Trinajstić information content (AvgIpc) is 3.67. The van der Waals surface area contributed by atoms with E-state index < -0.39 is 22.0 Å². The quantitative estimate of drug-likeness (QED) is 0.163. The molecule has 4 atom stereocenters. The van der Waals surface area contributed by atoms with E-state index >= 15 is 0 Å². The fourth-order valence-corrected chi connectivity index (χ4v) is 20.1. The Morgan fingerprint density at radius 3 is 1.08 bits per heavy atom. The first-order valence-corrected chi connectivity index (χ1v) is 23.2. The summed E-state index contributed by atoms with van der Waals surface area (Å²) >= 11 is 0. The Labute approximate surface area is 300 Å². The summed E-state index contributed by atoms with van der Waals surface area (Å²) in [6.07, 6.45) is -0.482. The number of hydrogen-bond donors (Lipinski definition) is 0. The molecule has 0 radical (unpaired) electrons. The van der Waals surface area contributed by atoms with E-state index in [-0.39, 0.29) is 24.3 Å². The van der Waals surface area contributed by atoms with Crippen LogP contribution in [0.2, 0.25) is 33.2 Å². The highest BCUT2D eigenvalue weighted by atomic mass is 28.4. The van der Waals surface area contributed by atoms with Crippen LogP contribution in [0.3, 0.4) is 0 Å². The van der Waals surface area contributed by atoms with Crippen molar-refractivity contribution in [3.05, 3.63) is 71.8 Å². The van der Waals surface area contributed by atoms with Crippen LogP contribution >= 0.6 is 0 Å². The Balaban J connectivity index is 1.69. The molecule has 6 nitrogen and oxygen atoms in total. The molecule has 2 aliphatic rings. The van der Waals surface area contributed by atoms with Crippen molar-refractivity contribution in [1.29, 1.82) is 0 Å². The highest BCUT2D eigenvalue weighted by Crippen LogP contribution is 2.46. The lowest BCUT2D eigenvalue weighted by Crippen LogP contribution is -2.49. The van der Waals surface area contributed by atoms with Gasteiger partial charge in [0, 0.05) is 0 Å². The summed E-state index contributed by atoms with van der Waals surface area (Å²) in [5.74, 6) is 1.31. The molecule has 2 aliphatic heterocycles. The van der Waals surface area contributed by atoms with E-state index in [1.54, 1.807) is 0 Å². The predicted octanol–water partition coefficient (Wildman–Crippen LogP) is 11.5. The normalized spacial score (nSPS) is 22.0. The minimum atomic E-state index is -2.11. The van der Waals surface area contributed by atoms with Crippen LogP contribution in [-0.2, 0) is 18.3 Å². The van der Waals surface area contributed by atoms with Crippen molar-refractivity contribution in [2.45, 2.75) is 154 Å². The summed E-state index contributed by atoms with van der Waals surface area (Å²) in [6.45, 7) is 33.3. The largest absolute Gasteiger partial charge is 0.470 e. The van der Waals surface area contributed by atoms with Gasteiger partial charge in [-0.15, -0.1) is 0 Å². The van der Waals surface area contributed by atoms with E-state index in [2.05, 4.69) is 145 Å². The molecule has 0 aromatic heterocycles. The SMILES string of the molecule is CC(C)[Si](OC[C@@H]1N=C(C(C)(C)C2=N[C@@H](CO[Si](C(C)C)(C(C)C)C(C)C)[C@H](c3ccccc3)O2)O[C@H]1c1ccccc1)(C(C)C)C(C)C. The van der Waals surface area contributed by atoms with E-state index in [1.807, 2.05) is 12.1 Å². The maximum atomic E-state index is 7.13. The minimum Gasteiger partial charge on any atom is -0.470 e. The molecule has 0 N–H and O–H groups in total. The van der Waals surface area contributed by atoms with Crippen LogP contribution in [-0.4, -0.2) is 53.7 Å². The Hall–Kier alpha value is -2.27. The van der Waals surface area contributed by atoms with Crippen molar-refractivity contribution in [3.8, 4) is 0 Å². The third kappa shape index (κ3) is 7.82. The number of ether oxygens (including phenoxy) is 2. The van der Waals surface area contributed by atoms with Crippen molar-refractivity contribution in [1.82, 2.24) is 0 Å². The molecule has 0 fully saturated rings. The summed E-state index contributed by atoms with van der Waals surface area (Å²) in [6, 6.07) is 20.6. The van der Waals surface area contributed by atoms with Gasteiger partial charge in [-0.05, 0) is 58.2 Å². The molecule has 0 saturated carbocycles. The Morgan fingerprint density at radius 2 is 0.816 bits per heavy atom. The third-order valence-corrected chi connectivity index (χ3v) is 23.7. The van der Waals surface area contributed by atoms with E-state index in [0.717, 1.165) is 11.1 Å². The average molecular weight is 707 g/mol. The standard InChI is InChI=1S/C41H66N2O4Si2/c1-27(2)48(28(3)4,29(5)6)44-25-35-37(33-21-17-15-18-22-33)46-39(42-35)41(13,14)40-43-36(38(47-40)34-23-19-16-20-24-34)26-45-49(30(7)8,31(9)10)32(11)12/h15-24,27-32,35-38H,25-26H2,1-14H3/t35-,36-,37-,38-/m0/s1. The lowest BCUT2D eigenvalue weighted by atomic mass is 9.93. The van der Waals surface area contributed by atoms with Crippen LogP contribution in [0.15, 0.2) is 70.6 Å². The van der Waals surface area contributed by atoms with Gasteiger partial charge in [-0.2, -0.15) is 0 Å². The van der Waals surface area contributed by atoms with E-state index in [4.69, 9.17) is 28.3 Å². The number of rotatable bonds is 16. The van der Waals surface area contributed by atoms with E-state index in [1.165, 1.54) is 0 Å². The first kappa shape index (κ1) is 39.5. The molecular weight excluding hydrogens is 641 g/mol. The molecule has 0 saturated heterocycles. The minimum absolute atomic E-state index is 0.166. The maximum Gasteiger partial charge on any atom is 0.200 e. The summed E-state index contributed by atoms with van der Waals surface area (Å²) in [5.41, 5.74) is 4.47. The molecular formula is C41H66N2O4Si2. The zero-order valence-electron chi connectivity index (χ0n) is 33.0. The fourth-order valence-electron chi connectivity index (χ4n) is 9.18. The van der Waals surface area contributed by atoms with Crippen molar-refractivity contribution < 1.29 is 18.3 Å². The van der Waals surface area contributed by atoms with Crippen molar-refractivity contribution >= 4 is 28.4 Å². The van der Waals surface area contributed by atoms with Gasteiger partial charge < -0.3 is 18.3 Å². The highest BCUT2D eigenvalue weighted by molar-refractivity contribution is 6.78. The van der Waals surface area contributed by atoms with Gasteiger partial charge in [0.25, 0.3) is 0 Å². The molecule has 0 bridgehead atoms. The Morgan fingerprint density at radius 1 is 0.531 bits per heavy atom. The summed E-state index contributed by atoms with van der Waals surface area (Å²) in [7, 11) is -4.22. The van der Waals surface area contributed by atoms with Crippen LogP contribution in [0.25, 0.3) is 0 Å². The van der Waals surface area contributed by atoms with Crippen molar-refractivity contribution in [2.75, 3.05) is 13.2 Å². The van der Waals surface area contributed by atoms with Crippen molar-refractivity contribution in [2.24, 2.45) is 15.4 Å². The van der Waals surface area contributed by atoms with Gasteiger partial charge in [0.1, 0.15) is 29.7 Å². The van der Waals surface area contributed by atoms with Gasteiger partial charge in [-0.3, -0.25) is 0 Å². The lowest BCUT2D eigenvalue weighted by molar-refractivity contribution is 0.132. The lowest BCUT2D eigenvalue weighted by Gasteiger charge is -2.42. The van der Waals surface area contributed by atoms with E-state index in [9.17, 15) is 0 Å². The van der Waals surface area contributed by atoms with Crippen molar-refractivity contribution in [3.63, 3.8) is 0 Å². The van der Waals surface area contributed by atoms with Gasteiger partial charge >= 0.3 is 0 Å². The summed E-state index contributed by atoms with van der Waals surface area (Å²) in [4.78, 5) is 10.7. The van der Waals surface area contributed by atoms with E-state index in [0.29, 0.717) is 58.3 Å². The first-order valence-electron chi connectivity index (χ1n) is 18.9. The van der Waals surface area contributed by atoms with Gasteiger partial charge in [-0.1, -0.05) is 144 Å². The smallest absolute Gasteiger partial charge is 0.200 e. The van der Waals surface area contributed by atoms with Crippen LogP contribution in [0.4, 0.5) is 0 Å². The molecule has 8 heteroatoms. The van der Waals surface area contributed by atoms with Crippen LogP contribution < -0.4 is 0 Å². The van der Waals surface area contributed by atoms with Gasteiger partial charge in [-0.25, -0.2) is 9.98 Å². The fraction of sp³-hybridized carbons (Fsp3) is 0.659. The Kier molecular flexibility index (Phi) is 12.9. The highest BCUT2D eigenvalue weighted by Gasteiger charge is 2.51. The molecule has 0 unspecified atom stereocenters. The number of benzene rings is 2. The summed E-state index contributed by atoms with van der Waals surface area (Å²) in [5, 5.41) is 0. The molecule has 272 valence electrons. The zero-order chi connectivity index (χ0) is 36.3. The van der Waals surface area contributed by atoms with Crippen LogP contribution in [0.1, 0.15) is 120 Å². The first-order chi connectivity index (χ1) is 23.0. The van der Waals surface area contributed by atoms with Gasteiger partial charge in [0.05, 0.1) is 13.2 Å². The number of nitrogens with zero attached hydrogens (tertiary/aromatic N) is 2. The monoisotopic (exact) mass is 706 g/mol. The molecule has 0 amide bonds. The molecule has 0 aliphatic carbocycles. The molecule has 0 spiro atoms. The third-order valence-electron chi connectivity index (χ3n) is 11.5. The molecule has 2 aromatic carbocycles. The van der Waals surface area contributed by atoms with Crippen LogP contribution in [0, 0.1) is 5.41 Å². The molecule has 49 heavy (non-hydrogen) atoms. The second-order valence-corrected chi connectivity index (χ2v) is 27.7. The van der Waals surface area contributed by atoms with Gasteiger partial charge in [0.15, 0.2) is 28.4 Å². The topological polar surface area (TPSA) is 61.6 Å². The molecule has 2 aromatic rings. The Bertz CT molecular complexity index is 1260. The maximum absolute atomic E-state index is 7.13. The summed E-state index contributed by atoms with van der Waals surface area (Å²) < 4.78 is 28.0. The number of hydrogen-bond acceptors (Lipinski definition) is 6. The van der Waals surface area contributed by atoms with Crippen LogP contribution in [0.5, 0.6) is 0 Å². The second-order valence-electron chi connectivity index (χ2n) is 16.8.